The van der Waals surface area contributed by atoms with E-state index in [2.05, 4.69) is 22.8 Å². The number of nitrogens with one attached hydrogen (secondary N) is 1. The Balaban J connectivity index is 1.44. The molecule has 1 aromatic carbocycles. The number of nitrogens with zero attached hydrogens (tertiary/aromatic N) is 1. The fraction of sp³-hybridized carbons (Fsp3) is 0.474. The predicted octanol–water partition coefficient (Wildman–Crippen LogP) is 3.36. The molecule has 5 unspecified atom stereocenters. The number of aromatic nitrogens is 1. The zero-order valence-corrected chi connectivity index (χ0v) is 14.6. The lowest BCUT2D eigenvalue weighted by Crippen LogP contribution is -2.45. The molecule has 126 valence electrons. The summed E-state index contributed by atoms with van der Waals surface area (Å²) in [6.45, 7) is 2.00. The maximum atomic E-state index is 12.7. The zero-order valence-electron chi connectivity index (χ0n) is 13.8. The van der Waals surface area contributed by atoms with Crippen molar-refractivity contribution in [1.82, 2.24) is 10.3 Å². The second-order valence-corrected chi connectivity index (χ2v) is 7.99. The van der Waals surface area contributed by atoms with Gasteiger partial charge in [-0.25, -0.2) is 4.98 Å². The highest BCUT2D eigenvalue weighted by molar-refractivity contribution is 7.10. The maximum Gasteiger partial charge on any atom is 0.225 e. The van der Waals surface area contributed by atoms with E-state index < -0.39 is 0 Å². The van der Waals surface area contributed by atoms with Crippen molar-refractivity contribution in [2.75, 3.05) is 0 Å². The highest BCUT2D eigenvalue weighted by Crippen LogP contribution is 2.47. The molecule has 0 radical (unpaired) electrons. The molecule has 4 rings (SSSR count). The van der Waals surface area contributed by atoms with Crippen molar-refractivity contribution in [3.8, 4) is 11.3 Å². The van der Waals surface area contributed by atoms with Gasteiger partial charge in [0.1, 0.15) is 5.01 Å². The van der Waals surface area contributed by atoms with Gasteiger partial charge < -0.3 is 11.1 Å². The third kappa shape index (κ3) is 2.76. The Morgan fingerprint density at radius 2 is 2.04 bits per heavy atom. The SMILES string of the molecule is CC(NC(=O)C1C2CCC(C2)C1N)c1nc(-c2ccccc2)cs1. The van der Waals surface area contributed by atoms with E-state index in [1.54, 1.807) is 11.3 Å². The number of fused-ring (bicyclic) bond motifs is 2. The van der Waals surface area contributed by atoms with Crippen LogP contribution in [-0.4, -0.2) is 16.9 Å². The smallest absolute Gasteiger partial charge is 0.225 e. The molecule has 0 saturated heterocycles. The molecule has 3 N–H and O–H groups in total. The van der Waals surface area contributed by atoms with Gasteiger partial charge in [0, 0.05) is 17.0 Å². The van der Waals surface area contributed by atoms with Crippen LogP contribution in [0.25, 0.3) is 11.3 Å². The van der Waals surface area contributed by atoms with E-state index in [4.69, 9.17) is 10.7 Å². The highest BCUT2D eigenvalue weighted by Gasteiger charge is 2.49. The standard InChI is InChI=1S/C19H23N3OS/c1-11(19-22-15(10-24-19)12-5-3-2-4-6-12)21-18(23)16-13-7-8-14(9-13)17(16)20/h2-6,10-11,13-14,16-17H,7-9,20H2,1H3,(H,21,23). The van der Waals surface area contributed by atoms with Crippen molar-refractivity contribution in [3.05, 3.63) is 40.7 Å². The Morgan fingerprint density at radius 1 is 1.29 bits per heavy atom. The Morgan fingerprint density at radius 3 is 2.75 bits per heavy atom. The fourth-order valence-corrected chi connectivity index (χ4v) is 5.16. The van der Waals surface area contributed by atoms with Gasteiger partial charge >= 0.3 is 0 Å². The third-order valence-electron chi connectivity index (χ3n) is 5.60. The van der Waals surface area contributed by atoms with Gasteiger partial charge in [0.2, 0.25) is 5.91 Å². The highest BCUT2D eigenvalue weighted by atomic mass is 32.1. The molecule has 0 aliphatic heterocycles. The molecule has 1 amide bonds. The first-order chi connectivity index (χ1) is 11.6. The first-order valence-electron chi connectivity index (χ1n) is 8.70. The molecule has 2 aromatic rings. The third-order valence-corrected chi connectivity index (χ3v) is 6.63. The van der Waals surface area contributed by atoms with Gasteiger partial charge in [0.15, 0.2) is 0 Å². The summed E-state index contributed by atoms with van der Waals surface area (Å²) in [6, 6.07) is 10.1. The van der Waals surface area contributed by atoms with Gasteiger partial charge in [-0.2, -0.15) is 0 Å². The van der Waals surface area contributed by atoms with Crippen LogP contribution in [0.1, 0.15) is 37.2 Å². The van der Waals surface area contributed by atoms with Crippen LogP contribution in [0.2, 0.25) is 0 Å². The molecular weight excluding hydrogens is 318 g/mol. The van der Waals surface area contributed by atoms with E-state index in [1.807, 2.05) is 25.1 Å². The monoisotopic (exact) mass is 341 g/mol. The molecule has 5 atom stereocenters. The number of hydrogen-bond donors (Lipinski definition) is 2. The van der Waals surface area contributed by atoms with Crippen molar-refractivity contribution in [2.45, 2.75) is 38.3 Å². The topological polar surface area (TPSA) is 68.0 Å². The summed E-state index contributed by atoms with van der Waals surface area (Å²) in [5.41, 5.74) is 8.36. The predicted molar refractivity (Wildman–Crippen MR) is 96.4 cm³/mol. The molecule has 2 fully saturated rings. The largest absolute Gasteiger partial charge is 0.347 e. The van der Waals surface area contributed by atoms with Crippen LogP contribution in [0.3, 0.4) is 0 Å². The van der Waals surface area contributed by atoms with Gasteiger partial charge in [0.05, 0.1) is 17.7 Å². The average Bonchev–Trinajstić information content (AvgIpc) is 3.31. The minimum atomic E-state index is -0.0775. The van der Waals surface area contributed by atoms with Gasteiger partial charge in [-0.1, -0.05) is 30.3 Å². The number of amides is 1. The molecule has 1 aromatic heterocycles. The lowest BCUT2D eigenvalue weighted by molar-refractivity contribution is -0.127. The van der Waals surface area contributed by atoms with Crippen molar-refractivity contribution in [2.24, 2.45) is 23.5 Å². The summed E-state index contributed by atoms with van der Waals surface area (Å²) in [7, 11) is 0. The van der Waals surface area contributed by atoms with Crippen LogP contribution in [0, 0.1) is 17.8 Å². The lowest BCUT2D eigenvalue weighted by atomic mass is 9.84. The van der Waals surface area contributed by atoms with Crippen molar-refractivity contribution < 1.29 is 4.79 Å². The van der Waals surface area contributed by atoms with Crippen LogP contribution in [0.5, 0.6) is 0 Å². The van der Waals surface area contributed by atoms with Gasteiger partial charge in [-0.05, 0) is 38.0 Å². The molecule has 2 aliphatic rings. The number of carbonyl (C=O) groups excluding carboxylic acids is 1. The minimum Gasteiger partial charge on any atom is -0.347 e. The Bertz CT molecular complexity index is 727. The molecule has 2 bridgehead atoms. The van der Waals surface area contributed by atoms with Crippen molar-refractivity contribution in [1.29, 1.82) is 0 Å². The molecule has 0 spiro atoms. The number of nitrogens with two attached hydrogens (primary N) is 1. The number of benzene rings is 1. The Hall–Kier alpha value is -1.72. The van der Waals surface area contributed by atoms with E-state index in [1.165, 1.54) is 6.42 Å². The average molecular weight is 341 g/mol. The van der Waals surface area contributed by atoms with E-state index >= 15 is 0 Å². The summed E-state index contributed by atoms with van der Waals surface area (Å²) >= 11 is 1.60. The molecule has 5 heteroatoms. The molecule has 1 heterocycles. The number of thiazole rings is 1. The molecule has 2 aliphatic carbocycles. The van der Waals surface area contributed by atoms with Gasteiger partial charge in [-0.3, -0.25) is 4.79 Å². The van der Waals surface area contributed by atoms with Crippen LogP contribution in [0.15, 0.2) is 35.7 Å². The van der Waals surface area contributed by atoms with E-state index in [0.29, 0.717) is 11.8 Å². The molecule has 4 nitrogen and oxygen atoms in total. The Kier molecular flexibility index (Phi) is 4.14. The number of carbonyl (C=O) groups is 1. The molecule has 24 heavy (non-hydrogen) atoms. The number of rotatable bonds is 4. The van der Waals surface area contributed by atoms with E-state index in [9.17, 15) is 4.79 Å². The molecular formula is C19H23N3OS. The fourth-order valence-electron chi connectivity index (χ4n) is 4.32. The summed E-state index contributed by atoms with van der Waals surface area (Å²) in [5, 5.41) is 6.14. The molecule has 2 saturated carbocycles. The lowest BCUT2D eigenvalue weighted by Gasteiger charge is -2.28. The van der Waals surface area contributed by atoms with Crippen molar-refractivity contribution >= 4 is 17.2 Å². The number of hydrogen-bond acceptors (Lipinski definition) is 4. The first-order valence-corrected chi connectivity index (χ1v) is 9.58. The minimum absolute atomic E-state index is 0.0141. The maximum absolute atomic E-state index is 12.7. The van der Waals surface area contributed by atoms with E-state index in [-0.39, 0.29) is 23.9 Å². The van der Waals surface area contributed by atoms with Gasteiger partial charge in [-0.15, -0.1) is 11.3 Å². The summed E-state index contributed by atoms with van der Waals surface area (Å²) < 4.78 is 0. The summed E-state index contributed by atoms with van der Waals surface area (Å²) in [5.74, 6) is 1.12. The zero-order chi connectivity index (χ0) is 16.7. The van der Waals surface area contributed by atoms with Crippen LogP contribution >= 0.6 is 11.3 Å². The Labute approximate surface area is 146 Å². The van der Waals surface area contributed by atoms with E-state index in [0.717, 1.165) is 29.1 Å². The summed E-state index contributed by atoms with van der Waals surface area (Å²) in [6.07, 6.45) is 3.47. The first kappa shape index (κ1) is 15.8. The second-order valence-electron chi connectivity index (χ2n) is 7.10. The second kappa shape index (κ2) is 6.30. The van der Waals surface area contributed by atoms with Crippen LogP contribution in [-0.2, 0) is 4.79 Å². The summed E-state index contributed by atoms with van der Waals surface area (Å²) in [4.78, 5) is 17.4. The van der Waals surface area contributed by atoms with Gasteiger partial charge in [0.25, 0.3) is 0 Å². The normalized spacial score (nSPS) is 29.6. The van der Waals surface area contributed by atoms with Crippen LogP contribution in [0.4, 0.5) is 0 Å². The quantitative estimate of drug-likeness (QED) is 0.896. The van der Waals surface area contributed by atoms with Crippen molar-refractivity contribution in [3.63, 3.8) is 0 Å². The van der Waals surface area contributed by atoms with Crippen LogP contribution < -0.4 is 11.1 Å².